The number of pyridine rings is 1. The highest BCUT2D eigenvalue weighted by Crippen LogP contribution is 2.11. The molecule has 0 unspecified atom stereocenters. The van der Waals surface area contributed by atoms with Gasteiger partial charge in [-0.3, -0.25) is 9.78 Å². The summed E-state index contributed by atoms with van der Waals surface area (Å²) >= 11 is 0. The van der Waals surface area contributed by atoms with E-state index in [-0.39, 0.29) is 5.78 Å². The Labute approximate surface area is 95.0 Å². The van der Waals surface area contributed by atoms with Gasteiger partial charge in [0.1, 0.15) is 0 Å². The Kier molecular flexibility index (Phi) is 3.10. The van der Waals surface area contributed by atoms with Crippen molar-refractivity contribution in [2.75, 3.05) is 0 Å². The Morgan fingerprint density at radius 3 is 2.69 bits per heavy atom. The maximum Gasteiger partial charge on any atom is 0.159 e. The molecule has 2 heteroatoms. The molecule has 2 aromatic rings. The van der Waals surface area contributed by atoms with Crippen molar-refractivity contribution < 1.29 is 4.79 Å². The van der Waals surface area contributed by atoms with Crippen molar-refractivity contribution in [3.05, 3.63) is 65.5 Å². The molecule has 0 aliphatic carbocycles. The van der Waals surface area contributed by atoms with Crippen LogP contribution in [0.1, 0.15) is 28.4 Å². The highest BCUT2D eigenvalue weighted by molar-refractivity contribution is 5.94. The molecule has 0 atom stereocenters. The molecule has 2 rings (SSSR count). The van der Waals surface area contributed by atoms with E-state index in [9.17, 15) is 4.79 Å². The van der Waals surface area contributed by atoms with Crippen molar-refractivity contribution >= 4 is 5.78 Å². The normalized spacial score (nSPS) is 10.1. The fourth-order valence-corrected chi connectivity index (χ4v) is 1.64. The molecule has 16 heavy (non-hydrogen) atoms. The number of carbonyl (C=O) groups is 1. The molecule has 0 N–H and O–H groups in total. The maximum atomic E-state index is 11.2. The van der Waals surface area contributed by atoms with Crippen LogP contribution in [0.15, 0.2) is 48.8 Å². The van der Waals surface area contributed by atoms with Crippen LogP contribution in [-0.2, 0) is 6.42 Å². The van der Waals surface area contributed by atoms with Crippen LogP contribution in [0, 0.1) is 0 Å². The molecule has 1 aromatic heterocycles. The molecule has 0 saturated carbocycles. The summed E-state index contributed by atoms with van der Waals surface area (Å²) < 4.78 is 0. The lowest BCUT2D eigenvalue weighted by Crippen LogP contribution is -1.95. The molecule has 0 spiro atoms. The van der Waals surface area contributed by atoms with Gasteiger partial charge in [0, 0.05) is 18.0 Å². The number of aromatic nitrogens is 1. The molecule has 0 aliphatic rings. The second-order valence-corrected chi connectivity index (χ2v) is 3.79. The lowest BCUT2D eigenvalue weighted by molar-refractivity contribution is 0.101. The standard InChI is InChI=1S/C14H13NO/c1-11(16)14-6-2-4-12(9-14)8-13-5-3-7-15-10-13/h2-7,9-10H,8H2,1H3. The van der Waals surface area contributed by atoms with E-state index in [1.165, 1.54) is 0 Å². The van der Waals surface area contributed by atoms with E-state index in [0.29, 0.717) is 0 Å². The van der Waals surface area contributed by atoms with Crippen molar-refractivity contribution in [3.63, 3.8) is 0 Å². The zero-order valence-electron chi connectivity index (χ0n) is 9.18. The van der Waals surface area contributed by atoms with Gasteiger partial charge in [-0.2, -0.15) is 0 Å². The first-order valence-electron chi connectivity index (χ1n) is 5.24. The Bertz CT molecular complexity index is 491. The Hall–Kier alpha value is -1.96. The average Bonchev–Trinajstić information content (AvgIpc) is 2.30. The highest BCUT2D eigenvalue weighted by Gasteiger charge is 2.01. The second-order valence-electron chi connectivity index (χ2n) is 3.79. The predicted molar refractivity (Wildman–Crippen MR) is 63.5 cm³/mol. The van der Waals surface area contributed by atoms with Crippen LogP contribution < -0.4 is 0 Å². The third kappa shape index (κ3) is 2.54. The highest BCUT2D eigenvalue weighted by atomic mass is 16.1. The molecule has 0 aliphatic heterocycles. The van der Waals surface area contributed by atoms with Gasteiger partial charge in [-0.05, 0) is 36.6 Å². The van der Waals surface area contributed by atoms with Crippen molar-refractivity contribution in [1.29, 1.82) is 0 Å². The molecular weight excluding hydrogens is 198 g/mol. The van der Waals surface area contributed by atoms with Crippen LogP contribution >= 0.6 is 0 Å². The van der Waals surface area contributed by atoms with Gasteiger partial charge >= 0.3 is 0 Å². The van der Waals surface area contributed by atoms with Gasteiger partial charge in [0.05, 0.1) is 0 Å². The van der Waals surface area contributed by atoms with E-state index < -0.39 is 0 Å². The summed E-state index contributed by atoms with van der Waals surface area (Å²) in [4.78, 5) is 15.3. The fraction of sp³-hybridized carbons (Fsp3) is 0.143. The first-order valence-corrected chi connectivity index (χ1v) is 5.24. The smallest absolute Gasteiger partial charge is 0.159 e. The lowest BCUT2D eigenvalue weighted by Gasteiger charge is -2.03. The molecule has 80 valence electrons. The summed E-state index contributed by atoms with van der Waals surface area (Å²) in [6.07, 6.45) is 4.42. The molecule has 0 saturated heterocycles. The minimum absolute atomic E-state index is 0.105. The first-order chi connectivity index (χ1) is 7.75. The molecule has 0 bridgehead atoms. The van der Waals surface area contributed by atoms with Crippen LogP contribution in [0.25, 0.3) is 0 Å². The van der Waals surface area contributed by atoms with Gasteiger partial charge in [0.25, 0.3) is 0 Å². The molecule has 1 heterocycles. The van der Waals surface area contributed by atoms with E-state index in [2.05, 4.69) is 4.98 Å². The summed E-state index contributed by atoms with van der Waals surface area (Å²) in [7, 11) is 0. The largest absolute Gasteiger partial charge is 0.295 e. The number of hydrogen-bond acceptors (Lipinski definition) is 2. The van der Waals surface area contributed by atoms with Gasteiger partial charge in [-0.15, -0.1) is 0 Å². The third-order valence-electron chi connectivity index (χ3n) is 2.46. The number of rotatable bonds is 3. The number of nitrogens with zero attached hydrogens (tertiary/aromatic N) is 1. The van der Waals surface area contributed by atoms with Crippen molar-refractivity contribution in [1.82, 2.24) is 4.98 Å². The van der Waals surface area contributed by atoms with E-state index >= 15 is 0 Å². The topological polar surface area (TPSA) is 30.0 Å². The maximum absolute atomic E-state index is 11.2. The van der Waals surface area contributed by atoms with Gasteiger partial charge < -0.3 is 0 Å². The SMILES string of the molecule is CC(=O)c1cccc(Cc2cccnc2)c1. The Morgan fingerprint density at radius 1 is 1.19 bits per heavy atom. The molecule has 1 aromatic carbocycles. The quantitative estimate of drug-likeness (QED) is 0.731. The van der Waals surface area contributed by atoms with Gasteiger partial charge in [0.15, 0.2) is 5.78 Å². The zero-order valence-corrected chi connectivity index (χ0v) is 9.18. The number of hydrogen-bond donors (Lipinski definition) is 0. The lowest BCUT2D eigenvalue weighted by atomic mass is 10.0. The van der Waals surface area contributed by atoms with Crippen LogP contribution in [-0.4, -0.2) is 10.8 Å². The molecular formula is C14H13NO. The van der Waals surface area contributed by atoms with Gasteiger partial charge in [-0.25, -0.2) is 0 Å². The van der Waals surface area contributed by atoms with Crippen molar-refractivity contribution in [2.24, 2.45) is 0 Å². The van der Waals surface area contributed by atoms with Gasteiger partial charge in [0.2, 0.25) is 0 Å². The van der Waals surface area contributed by atoms with Crippen LogP contribution in [0.4, 0.5) is 0 Å². The third-order valence-corrected chi connectivity index (χ3v) is 2.46. The number of benzene rings is 1. The Morgan fingerprint density at radius 2 is 2.00 bits per heavy atom. The van der Waals surface area contributed by atoms with Crippen LogP contribution in [0.5, 0.6) is 0 Å². The average molecular weight is 211 g/mol. The van der Waals surface area contributed by atoms with E-state index in [1.807, 2.05) is 42.6 Å². The summed E-state index contributed by atoms with van der Waals surface area (Å²) in [6, 6.07) is 11.7. The van der Waals surface area contributed by atoms with E-state index in [0.717, 1.165) is 23.1 Å². The molecule has 0 radical (unpaired) electrons. The first kappa shape index (κ1) is 10.6. The summed E-state index contributed by atoms with van der Waals surface area (Å²) in [6.45, 7) is 1.59. The minimum atomic E-state index is 0.105. The van der Waals surface area contributed by atoms with Crippen molar-refractivity contribution in [3.8, 4) is 0 Å². The Balaban J connectivity index is 2.22. The van der Waals surface area contributed by atoms with Crippen molar-refractivity contribution in [2.45, 2.75) is 13.3 Å². The number of carbonyl (C=O) groups excluding carboxylic acids is 1. The second kappa shape index (κ2) is 4.71. The van der Waals surface area contributed by atoms with E-state index in [4.69, 9.17) is 0 Å². The number of Topliss-reactive ketones (excluding diaryl/α,β-unsaturated/α-hetero) is 1. The monoisotopic (exact) mass is 211 g/mol. The van der Waals surface area contributed by atoms with Crippen LogP contribution in [0.3, 0.4) is 0 Å². The minimum Gasteiger partial charge on any atom is -0.295 e. The van der Waals surface area contributed by atoms with E-state index in [1.54, 1.807) is 13.1 Å². The summed E-state index contributed by atoms with van der Waals surface area (Å²) in [5.41, 5.74) is 3.06. The zero-order chi connectivity index (χ0) is 11.4. The summed E-state index contributed by atoms with van der Waals surface area (Å²) in [5.74, 6) is 0.105. The summed E-state index contributed by atoms with van der Waals surface area (Å²) in [5, 5.41) is 0. The fourth-order valence-electron chi connectivity index (χ4n) is 1.64. The predicted octanol–water partition coefficient (Wildman–Crippen LogP) is 2.88. The molecule has 2 nitrogen and oxygen atoms in total. The molecule has 0 fully saturated rings. The van der Waals surface area contributed by atoms with Gasteiger partial charge in [-0.1, -0.05) is 24.3 Å². The number of ketones is 1. The molecule has 0 amide bonds. The van der Waals surface area contributed by atoms with Crippen LogP contribution in [0.2, 0.25) is 0 Å².